The van der Waals surface area contributed by atoms with Gasteiger partial charge in [0.15, 0.2) is 5.82 Å². The number of hydrogen-bond acceptors (Lipinski definition) is 9. The number of ether oxygens (including phenoxy) is 3. The fraction of sp³-hybridized carbons (Fsp3) is 0.500. The molecule has 0 bridgehead atoms. The summed E-state index contributed by atoms with van der Waals surface area (Å²) in [6, 6.07) is 1.77. The standard InChI is InChI=1S/C32H32Cl2FN7O3/c1-16-11-32(6-2-7-41(32)12-16)15-45-31-37-27-24-29(38-31)42-8-3-9-43-13-18(42)14-44-30(24)36-26(25(27)35)23-21(17-4-5-17)19(33)10-20-22(23)28(34)40-39-20/h10,17-18H,1-9,11-15H2,(H,39,40)/t18-,32-/m0/s1. The van der Waals surface area contributed by atoms with Crippen LogP contribution in [-0.2, 0) is 4.74 Å². The Hall–Kier alpha value is -3.25. The van der Waals surface area contributed by atoms with Crippen molar-refractivity contribution in [3.8, 4) is 23.1 Å². The third-order valence-corrected chi connectivity index (χ3v) is 10.6. The lowest BCUT2D eigenvalue weighted by atomic mass is 9.94. The van der Waals surface area contributed by atoms with Gasteiger partial charge in [0.2, 0.25) is 5.88 Å². The predicted molar refractivity (Wildman–Crippen MR) is 169 cm³/mol. The van der Waals surface area contributed by atoms with Crippen molar-refractivity contribution >= 4 is 50.8 Å². The second-order valence-corrected chi connectivity index (χ2v) is 13.8. The van der Waals surface area contributed by atoms with Crippen molar-refractivity contribution in [3.63, 3.8) is 0 Å². The van der Waals surface area contributed by atoms with Crippen LogP contribution in [0, 0.1) is 5.82 Å². The minimum atomic E-state index is -0.604. The average Bonchev–Trinajstić information content (AvgIpc) is 3.69. The molecule has 3 saturated heterocycles. The van der Waals surface area contributed by atoms with Gasteiger partial charge in [-0.3, -0.25) is 10.00 Å². The van der Waals surface area contributed by atoms with Crippen molar-refractivity contribution in [3.05, 3.63) is 39.8 Å². The molecule has 2 atom stereocenters. The number of aromatic amines is 1. The fourth-order valence-electron chi connectivity index (χ4n) is 7.86. The highest BCUT2D eigenvalue weighted by Crippen LogP contribution is 2.52. The highest BCUT2D eigenvalue weighted by Gasteiger charge is 2.47. The second-order valence-electron chi connectivity index (χ2n) is 13.0. The SMILES string of the molecule is C=C1CN2CCC[C@@]2(COc2nc3c4c(nc(-c5c(C6CC6)c(Cl)cc6n[nH]c(Cl)c56)c(F)c4n2)OC[C@@H]2COCCCN32)C1. The number of nitrogens with zero attached hydrogens (tertiary/aromatic N) is 6. The van der Waals surface area contributed by atoms with Crippen molar-refractivity contribution < 1.29 is 18.6 Å². The summed E-state index contributed by atoms with van der Waals surface area (Å²) in [6.45, 7) is 8.59. The molecule has 4 fully saturated rings. The van der Waals surface area contributed by atoms with Crippen LogP contribution in [0.1, 0.15) is 50.0 Å². The highest BCUT2D eigenvalue weighted by molar-refractivity contribution is 6.37. The van der Waals surface area contributed by atoms with Crippen molar-refractivity contribution in [2.75, 3.05) is 51.0 Å². The molecule has 0 unspecified atom stereocenters. The van der Waals surface area contributed by atoms with Crippen molar-refractivity contribution in [2.45, 2.75) is 56.0 Å². The number of halogens is 3. The largest absolute Gasteiger partial charge is 0.475 e. The molecular formula is C32H32Cl2FN7O3. The van der Waals surface area contributed by atoms with Crippen LogP contribution in [0.3, 0.4) is 0 Å². The van der Waals surface area contributed by atoms with Gasteiger partial charge in [-0.1, -0.05) is 35.4 Å². The number of anilines is 1. The second kappa shape index (κ2) is 10.4. The summed E-state index contributed by atoms with van der Waals surface area (Å²) in [5.41, 5.74) is 3.11. The van der Waals surface area contributed by atoms with E-state index in [1.165, 1.54) is 5.57 Å². The molecule has 1 aliphatic carbocycles. The summed E-state index contributed by atoms with van der Waals surface area (Å²) in [5.74, 6) is 0.378. The first-order chi connectivity index (χ1) is 21.9. The van der Waals surface area contributed by atoms with Gasteiger partial charge in [-0.25, -0.2) is 9.37 Å². The molecule has 9 rings (SSSR count). The first-order valence-corrected chi connectivity index (χ1v) is 16.4. The normalized spacial score (nSPS) is 24.9. The third kappa shape index (κ3) is 4.41. The Morgan fingerprint density at radius 3 is 2.89 bits per heavy atom. The number of rotatable bonds is 5. The number of pyridine rings is 1. The van der Waals surface area contributed by atoms with Gasteiger partial charge in [-0.05, 0) is 62.6 Å². The Kier molecular flexibility index (Phi) is 6.46. The van der Waals surface area contributed by atoms with E-state index in [1.54, 1.807) is 6.07 Å². The monoisotopic (exact) mass is 651 g/mol. The minimum Gasteiger partial charge on any atom is -0.475 e. The Labute approximate surface area is 268 Å². The lowest BCUT2D eigenvalue weighted by molar-refractivity contribution is 0.108. The summed E-state index contributed by atoms with van der Waals surface area (Å²) in [4.78, 5) is 19.1. The van der Waals surface area contributed by atoms with Gasteiger partial charge in [-0.15, -0.1) is 0 Å². The van der Waals surface area contributed by atoms with Crippen LogP contribution in [0.2, 0.25) is 10.2 Å². The van der Waals surface area contributed by atoms with E-state index in [-0.39, 0.29) is 40.6 Å². The zero-order chi connectivity index (χ0) is 30.4. The van der Waals surface area contributed by atoms with Gasteiger partial charge in [-0.2, -0.15) is 15.1 Å². The first-order valence-electron chi connectivity index (χ1n) is 15.7. The fourth-order valence-corrected chi connectivity index (χ4v) is 8.44. The van der Waals surface area contributed by atoms with Gasteiger partial charge in [0.25, 0.3) is 0 Å². The number of aromatic nitrogens is 5. The van der Waals surface area contributed by atoms with Crippen LogP contribution < -0.4 is 14.4 Å². The van der Waals surface area contributed by atoms with E-state index in [9.17, 15) is 0 Å². The quantitative estimate of drug-likeness (QED) is 0.258. The topological polar surface area (TPSA) is 102 Å². The number of fused-ring (bicyclic) bond motifs is 4. The summed E-state index contributed by atoms with van der Waals surface area (Å²) in [6.07, 6.45) is 5.68. The first kappa shape index (κ1) is 28.0. The molecule has 7 heterocycles. The van der Waals surface area contributed by atoms with Crippen molar-refractivity contribution in [2.24, 2.45) is 0 Å². The zero-order valence-electron chi connectivity index (χ0n) is 24.7. The van der Waals surface area contributed by atoms with Crippen molar-refractivity contribution in [1.82, 2.24) is 30.0 Å². The van der Waals surface area contributed by atoms with E-state index in [2.05, 4.69) is 26.6 Å². The molecule has 0 spiro atoms. The van der Waals surface area contributed by atoms with Crippen LogP contribution in [-0.4, -0.2) is 87.7 Å². The average molecular weight is 653 g/mol. The van der Waals surface area contributed by atoms with Crippen LogP contribution in [0.5, 0.6) is 11.9 Å². The van der Waals surface area contributed by atoms with Crippen LogP contribution in [0.25, 0.3) is 33.1 Å². The summed E-state index contributed by atoms with van der Waals surface area (Å²) >= 11 is 13.5. The molecule has 1 saturated carbocycles. The van der Waals surface area contributed by atoms with Gasteiger partial charge >= 0.3 is 6.01 Å². The minimum absolute atomic E-state index is 0.0757. The Morgan fingerprint density at radius 1 is 1.13 bits per heavy atom. The maximum atomic E-state index is 17.2. The highest BCUT2D eigenvalue weighted by atomic mass is 35.5. The van der Waals surface area contributed by atoms with E-state index in [4.69, 9.17) is 52.4 Å². The predicted octanol–water partition coefficient (Wildman–Crippen LogP) is 6.05. The third-order valence-electron chi connectivity index (χ3n) is 10.1. The molecular weight excluding hydrogens is 620 g/mol. The molecule has 10 nitrogen and oxygen atoms in total. The summed E-state index contributed by atoms with van der Waals surface area (Å²) < 4.78 is 35.9. The van der Waals surface area contributed by atoms with Crippen molar-refractivity contribution in [1.29, 1.82) is 0 Å². The number of hydrogen-bond donors (Lipinski definition) is 1. The van der Waals surface area contributed by atoms with Crippen LogP contribution >= 0.6 is 23.2 Å². The van der Waals surface area contributed by atoms with Crippen LogP contribution in [0.4, 0.5) is 10.2 Å². The molecule has 234 valence electrons. The molecule has 13 heteroatoms. The zero-order valence-corrected chi connectivity index (χ0v) is 26.2. The number of benzene rings is 1. The summed E-state index contributed by atoms with van der Waals surface area (Å²) in [7, 11) is 0. The number of nitrogens with one attached hydrogen (secondary N) is 1. The van der Waals surface area contributed by atoms with Crippen LogP contribution in [0.15, 0.2) is 18.2 Å². The van der Waals surface area contributed by atoms with E-state index >= 15 is 4.39 Å². The van der Waals surface area contributed by atoms with E-state index in [0.29, 0.717) is 70.8 Å². The smallest absolute Gasteiger partial charge is 0.319 e. The Bertz CT molecular complexity index is 1900. The molecule has 5 aliphatic rings. The lowest BCUT2D eigenvalue weighted by Crippen LogP contribution is -2.43. The number of H-pyrrole nitrogens is 1. The molecule has 0 radical (unpaired) electrons. The van der Waals surface area contributed by atoms with Gasteiger partial charge < -0.3 is 19.1 Å². The molecule has 3 aromatic heterocycles. The summed E-state index contributed by atoms with van der Waals surface area (Å²) in [5, 5.41) is 8.95. The van der Waals surface area contributed by atoms with E-state index in [1.807, 2.05) is 0 Å². The molecule has 1 N–H and O–H groups in total. The molecule has 1 aromatic carbocycles. The molecule has 45 heavy (non-hydrogen) atoms. The van der Waals surface area contributed by atoms with Gasteiger partial charge in [0.05, 0.1) is 23.7 Å². The van der Waals surface area contributed by atoms with E-state index in [0.717, 1.165) is 57.2 Å². The molecule has 4 aliphatic heterocycles. The van der Waals surface area contributed by atoms with Gasteiger partial charge in [0, 0.05) is 35.7 Å². The Morgan fingerprint density at radius 2 is 2.02 bits per heavy atom. The van der Waals surface area contributed by atoms with E-state index < -0.39 is 5.82 Å². The maximum absolute atomic E-state index is 17.2. The Balaban J connectivity index is 1.25. The molecule has 4 aromatic rings. The lowest BCUT2D eigenvalue weighted by Gasteiger charge is -2.31. The maximum Gasteiger partial charge on any atom is 0.319 e. The molecule has 0 amide bonds. The van der Waals surface area contributed by atoms with Gasteiger partial charge in [0.1, 0.15) is 40.8 Å².